The van der Waals surface area contributed by atoms with Gasteiger partial charge >= 0.3 is 0 Å². The van der Waals surface area contributed by atoms with E-state index in [0.717, 1.165) is 43.4 Å². The second-order valence-corrected chi connectivity index (χ2v) is 7.13. The van der Waals surface area contributed by atoms with Crippen LogP contribution in [0.3, 0.4) is 0 Å². The second kappa shape index (κ2) is 6.64. The summed E-state index contributed by atoms with van der Waals surface area (Å²) in [6, 6.07) is 6.15. The van der Waals surface area contributed by atoms with E-state index < -0.39 is 5.82 Å². The molecule has 0 fully saturated rings. The summed E-state index contributed by atoms with van der Waals surface area (Å²) in [7, 11) is 0. The highest BCUT2D eigenvalue weighted by Gasteiger charge is 2.20. The Balaban J connectivity index is 1.56. The number of nitrogens with one attached hydrogen (secondary N) is 1. The number of hydrogen-bond donors (Lipinski definition) is 1. The maximum atomic E-state index is 14.0. The Bertz CT molecular complexity index is 1010. The SMILES string of the molecule is CC(C)c1nnc2n1CCN(Cc1cc(=O)c3cccc(F)c3[nH]1)CC2. The fourth-order valence-corrected chi connectivity index (χ4v) is 3.59. The van der Waals surface area contributed by atoms with Crippen molar-refractivity contribution < 1.29 is 4.39 Å². The molecular weight excluding hydrogens is 333 g/mol. The number of nitrogens with zero attached hydrogens (tertiary/aromatic N) is 4. The van der Waals surface area contributed by atoms with Crippen molar-refractivity contribution >= 4 is 10.9 Å². The average molecular weight is 355 g/mol. The summed E-state index contributed by atoms with van der Waals surface area (Å²) < 4.78 is 16.2. The molecule has 0 amide bonds. The normalized spacial score (nSPS) is 15.4. The molecule has 1 aliphatic heterocycles. The maximum absolute atomic E-state index is 14.0. The Morgan fingerprint density at radius 1 is 1.23 bits per heavy atom. The molecule has 1 aliphatic rings. The van der Waals surface area contributed by atoms with Gasteiger partial charge < -0.3 is 9.55 Å². The third-order valence-corrected chi connectivity index (χ3v) is 4.93. The lowest BCUT2D eigenvalue weighted by Gasteiger charge is -2.20. The smallest absolute Gasteiger partial charge is 0.189 e. The second-order valence-electron chi connectivity index (χ2n) is 7.13. The van der Waals surface area contributed by atoms with Crippen molar-refractivity contribution in [3.8, 4) is 0 Å². The lowest BCUT2D eigenvalue weighted by molar-refractivity contribution is 0.267. The largest absolute Gasteiger partial charge is 0.355 e. The number of benzene rings is 1. The van der Waals surface area contributed by atoms with E-state index >= 15 is 0 Å². The zero-order valence-electron chi connectivity index (χ0n) is 15.0. The third kappa shape index (κ3) is 3.03. The van der Waals surface area contributed by atoms with Gasteiger partial charge in [-0.2, -0.15) is 0 Å². The molecule has 4 rings (SSSR count). The quantitative estimate of drug-likeness (QED) is 0.784. The number of halogens is 1. The first-order valence-corrected chi connectivity index (χ1v) is 8.97. The molecule has 0 aliphatic carbocycles. The van der Waals surface area contributed by atoms with Crippen LogP contribution in [-0.4, -0.2) is 37.7 Å². The minimum Gasteiger partial charge on any atom is -0.355 e. The molecule has 0 unspecified atom stereocenters. The molecule has 1 N–H and O–H groups in total. The van der Waals surface area contributed by atoms with Gasteiger partial charge in [0.25, 0.3) is 0 Å². The first kappa shape index (κ1) is 16.9. The van der Waals surface area contributed by atoms with Crippen molar-refractivity contribution in [1.29, 1.82) is 0 Å². The highest BCUT2D eigenvalue weighted by Crippen LogP contribution is 2.18. The Morgan fingerprint density at radius 3 is 2.88 bits per heavy atom. The number of aromatic amines is 1. The van der Waals surface area contributed by atoms with Gasteiger partial charge in [0.1, 0.15) is 17.5 Å². The van der Waals surface area contributed by atoms with E-state index in [1.807, 2.05) is 0 Å². The predicted octanol–water partition coefficient (Wildman–Crippen LogP) is 2.44. The fraction of sp³-hybridized carbons (Fsp3) is 0.421. The Labute approximate surface area is 150 Å². The monoisotopic (exact) mass is 355 g/mol. The predicted molar refractivity (Wildman–Crippen MR) is 97.6 cm³/mol. The van der Waals surface area contributed by atoms with Crippen LogP contribution in [0.25, 0.3) is 10.9 Å². The molecule has 6 nitrogen and oxygen atoms in total. The van der Waals surface area contributed by atoms with E-state index in [0.29, 0.717) is 17.8 Å². The molecule has 0 radical (unpaired) electrons. The Kier molecular flexibility index (Phi) is 4.32. The first-order valence-electron chi connectivity index (χ1n) is 8.97. The van der Waals surface area contributed by atoms with Gasteiger partial charge in [0.15, 0.2) is 5.43 Å². The molecule has 0 saturated carbocycles. The number of rotatable bonds is 3. The number of aromatic nitrogens is 4. The number of hydrogen-bond acceptors (Lipinski definition) is 4. The van der Waals surface area contributed by atoms with Crippen LogP contribution in [0.15, 0.2) is 29.1 Å². The van der Waals surface area contributed by atoms with Crippen molar-refractivity contribution in [2.75, 3.05) is 13.1 Å². The molecule has 3 heterocycles. The molecule has 0 bridgehead atoms. The lowest BCUT2D eigenvalue weighted by Crippen LogP contribution is -2.28. The number of fused-ring (bicyclic) bond motifs is 2. The van der Waals surface area contributed by atoms with E-state index in [1.54, 1.807) is 18.2 Å². The average Bonchev–Trinajstić information content (AvgIpc) is 2.92. The molecule has 136 valence electrons. The summed E-state index contributed by atoms with van der Waals surface area (Å²) in [6.07, 6.45) is 0.811. The van der Waals surface area contributed by atoms with Crippen LogP contribution in [0.2, 0.25) is 0 Å². The summed E-state index contributed by atoms with van der Waals surface area (Å²) >= 11 is 0. The van der Waals surface area contributed by atoms with Crippen LogP contribution in [0.5, 0.6) is 0 Å². The number of pyridine rings is 1. The van der Waals surface area contributed by atoms with E-state index in [-0.39, 0.29) is 10.9 Å². The van der Waals surface area contributed by atoms with Crippen molar-refractivity contribution in [3.05, 3.63) is 57.6 Å². The van der Waals surface area contributed by atoms with Crippen LogP contribution in [0, 0.1) is 5.82 Å². The zero-order valence-corrected chi connectivity index (χ0v) is 15.0. The molecule has 2 aromatic heterocycles. The van der Waals surface area contributed by atoms with Crippen molar-refractivity contribution in [2.24, 2.45) is 0 Å². The van der Waals surface area contributed by atoms with E-state index in [9.17, 15) is 9.18 Å². The van der Waals surface area contributed by atoms with Gasteiger partial charge in [-0.15, -0.1) is 10.2 Å². The van der Waals surface area contributed by atoms with Gasteiger partial charge in [0, 0.05) is 55.7 Å². The maximum Gasteiger partial charge on any atom is 0.189 e. The van der Waals surface area contributed by atoms with Crippen LogP contribution < -0.4 is 5.43 Å². The molecule has 1 aromatic carbocycles. The molecule has 7 heteroatoms. The Hall–Kier alpha value is -2.54. The van der Waals surface area contributed by atoms with Crippen molar-refractivity contribution in [3.63, 3.8) is 0 Å². The Morgan fingerprint density at radius 2 is 2.08 bits per heavy atom. The third-order valence-electron chi connectivity index (χ3n) is 4.93. The van der Waals surface area contributed by atoms with E-state index in [4.69, 9.17) is 0 Å². The minimum atomic E-state index is -0.398. The molecule has 3 aromatic rings. The highest BCUT2D eigenvalue weighted by molar-refractivity contribution is 5.78. The van der Waals surface area contributed by atoms with Crippen LogP contribution >= 0.6 is 0 Å². The minimum absolute atomic E-state index is 0.151. The molecule has 0 spiro atoms. The number of para-hydroxylation sites is 1. The van der Waals surface area contributed by atoms with Crippen LogP contribution in [0.4, 0.5) is 4.39 Å². The van der Waals surface area contributed by atoms with Gasteiger partial charge in [0.2, 0.25) is 0 Å². The highest BCUT2D eigenvalue weighted by atomic mass is 19.1. The van der Waals surface area contributed by atoms with Crippen molar-refractivity contribution in [2.45, 2.75) is 39.3 Å². The first-order chi connectivity index (χ1) is 12.5. The zero-order chi connectivity index (χ0) is 18.3. The van der Waals surface area contributed by atoms with Gasteiger partial charge in [-0.1, -0.05) is 19.9 Å². The van der Waals surface area contributed by atoms with Gasteiger partial charge in [-0.05, 0) is 12.1 Å². The van der Waals surface area contributed by atoms with Gasteiger partial charge in [-0.3, -0.25) is 9.69 Å². The fourth-order valence-electron chi connectivity index (χ4n) is 3.59. The van der Waals surface area contributed by atoms with E-state index in [1.165, 1.54) is 6.07 Å². The summed E-state index contributed by atoms with van der Waals surface area (Å²) in [4.78, 5) is 17.6. The summed E-state index contributed by atoms with van der Waals surface area (Å²) in [5, 5.41) is 9.02. The van der Waals surface area contributed by atoms with Crippen LogP contribution in [-0.2, 0) is 19.5 Å². The van der Waals surface area contributed by atoms with Gasteiger partial charge in [0.05, 0.1) is 5.52 Å². The summed E-state index contributed by atoms with van der Waals surface area (Å²) in [6.45, 7) is 7.30. The van der Waals surface area contributed by atoms with Gasteiger partial charge in [-0.25, -0.2) is 4.39 Å². The molecule has 0 saturated heterocycles. The molecular formula is C19H22FN5O. The topological polar surface area (TPSA) is 66.8 Å². The summed E-state index contributed by atoms with van der Waals surface area (Å²) in [5.74, 6) is 1.96. The van der Waals surface area contributed by atoms with E-state index in [2.05, 4.69) is 38.5 Å². The summed E-state index contributed by atoms with van der Waals surface area (Å²) in [5.41, 5.74) is 0.862. The molecule has 26 heavy (non-hydrogen) atoms. The standard InChI is InChI=1S/C19H22FN5O/c1-12(2)19-23-22-17-6-7-24(8-9-25(17)19)11-13-10-16(26)14-4-3-5-15(20)18(14)21-13/h3-5,10,12H,6-9,11H2,1-2H3,(H,21,26). The number of H-pyrrole nitrogens is 1. The lowest BCUT2D eigenvalue weighted by atomic mass is 10.2. The van der Waals surface area contributed by atoms with Crippen molar-refractivity contribution in [1.82, 2.24) is 24.6 Å². The van der Waals surface area contributed by atoms with Crippen LogP contribution in [0.1, 0.15) is 37.1 Å². The molecule has 0 atom stereocenters.